The number of aromatic nitrogens is 1. The number of ether oxygens (including phenoxy) is 2. The number of pyridine rings is 1. The van der Waals surface area contributed by atoms with Crippen LogP contribution in [0, 0.1) is 5.92 Å². The van der Waals surface area contributed by atoms with Crippen molar-refractivity contribution in [2.45, 2.75) is 44.8 Å². The zero-order valence-electron chi connectivity index (χ0n) is 17.7. The number of hydrogen-bond donors (Lipinski definition) is 1. The standard InChI is InChI=1S/C24H33N3O2.ClH/c1-2-6-21(7-3-1)18-28-13-5-8-20-10-12-27(17-20)23-14-24(16-25-15-23)29-19-22-9-4-11-26-22;/h1-3,6-7,14-16,20,22,26H,4-5,8-13,17-19H2;1H/t20?,22-;/m0./s1. The number of hydrogen-bond acceptors (Lipinski definition) is 5. The van der Waals surface area contributed by atoms with Crippen molar-refractivity contribution in [3.8, 4) is 5.75 Å². The molecule has 1 N–H and O–H groups in total. The van der Waals surface area contributed by atoms with Crippen LogP contribution in [0.15, 0.2) is 48.8 Å². The summed E-state index contributed by atoms with van der Waals surface area (Å²) in [7, 11) is 0. The summed E-state index contributed by atoms with van der Waals surface area (Å²) >= 11 is 0. The second kappa shape index (κ2) is 12.1. The minimum Gasteiger partial charge on any atom is -0.490 e. The van der Waals surface area contributed by atoms with Crippen LogP contribution < -0.4 is 15.0 Å². The zero-order valence-corrected chi connectivity index (χ0v) is 18.5. The maximum Gasteiger partial charge on any atom is 0.139 e. The van der Waals surface area contributed by atoms with Crippen LogP contribution in [0.2, 0.25) is 0 Å². The maximum atomic E-state index is 5.98. The Morgan fingerprint density at radius 1 is 1.13 bits per heavy atom. The van der Waals surface area contributed by atoms with Gasteiger partial charge in [-0.05, 0) is 50.1 Å². The summed E-state index contributed by atoms with van der Waals surface area (Å²) in [6.07, 6.45) is 9.84. The predicted molar refractivity (Wildman–Crippen MR) is 124 cm³/mol. The second-order valence-electron chi connectivity index (χ2n) is 8.26. The van der Waals surface area contributed by atoms with Crippen molar-refractivity contribution in [1.29, 1.82) is 0 Å². The van der Waals surface area contributed by atoms with E-state index in [1.165, 1.54) is 36.9 Å². The van der Waals surface area contributed by atoms with Crippen molar-refractivity contribution in [3.05, 3.63) is 54.4 Å². The molecule has 1 unspecified atom stereocenters. The van der Waals surface area contributed by atoms with Gasteiger partial charge in [0.15, 0.2) is 0 Å². The molecule has 0 radical (unpaired) electrons. The third kappa shape index (κ3) is 6.86. The van der Waals surface area contributed by atoms with E-state index in [9.17, 15) is 0 Å². The fraction of sp³-hybridized carbons (Fsp3) is 0.542. The van der Waals surface area contributed by atoms with Gasteiger partial charge in [0.1, 0.15) is 12.4 Å². The molecule has 0 bridgehead atoms. The number of halogens is 1. The van der Waals surface area contributed by atoms with E-state index in [1.54, 1.807) is 0 Å². The quantitative estimate of drug-likeness (QED) is 0.563. The predicted octanol–water partition coefficient (Wildman–Crippen LogP) is 4.46. The molecule has 1 aromatic heterocycles. The molecule has 0 saturated carbocycles. The highest BCUT2D eigenvalue weighted by Crippen LogP contribution is 2.28. The zero-order chi connectivity index (χ0) is 19.7. The molecule has 0 spiro atoms. The Morgan fingerprint density at radius 2 is 2.03 bits per heavy atom. The third-order valence-electron chi connectivity index (χ3n) is 5.98. The lowest BCUT2D eigenvalue weighted by atomic mass is 10.0. The lowest BCUT2D eigenvalue weighted by Crippen LogP contribution is -2.28. The summed E-state index contributed by atoms with van der Waals surface area (Å²) in [4.78, 5) is 6.86. The van der Waals surface area contributed by atoms with Gasteiger partial charge in [0.2, 0.25) is 0 Å². The monoisotopic (exact) mass is 431 g/mol. The SMILES string of the molecule is Cl.c1ccc(COCCCC2CCN(c3cncc(OC[C@@H]4CCCN4)c3)C2)cc1. The first-order chi connectivity index (χ1) is 14.4. The fourth-order valence-electron chi connectivity index (χ4n) is 4.30. The molecule has 2 atom stereocenters. The molecule has 6 heteroatoms. The lowest BCUT2D eigenvalue weighted by Gasteiger charge is -2.19. The first-order valence-electron chi connectivity index (χ1n) is 11.0. The first kappa shape index (κ1) is 22.9. The van der Waals surface area contributed by atoms with Gasteiger partial charge in [0.05, 0.1) is 24.7 Å². The smallest absolute Gasteiger partial charge is 0.139 e. The third-order valence-corrected chi connectivity index (χ3v) is 5.98. The van der Waals surface area contributed by atoms with Gasteiger partial charge in [-0.3, -0.25) is 4.98 Å². The molecular weight excluding hydrogens is 398 g/mol. The number of nitrogens with one attached hydrogen (secondary N) is 1. The molecule has 2 fully saturated rings. The average Bonchev–Trinajstić information content (AvgIpc) is 3.45. The van der Waals surface area contributed by atoms with Gasteiger partial charge in [-0.2, -0.15) is 0 Å². The summed E-state index contributed by atoms with van der Waals surface area (Å²) in [5.74, 6) is 1.62. The Morgan fingerprint density at radius 3 is 2.87 bits per heavy atom. The van der Waals surface area contributed by atoms with E-state index >= 15 is 0 Å². The van der Waals surface area contributed by atoms with Crippen molar-refractivity contribution in [3.63, 3.8) is 0 Å². The molecule has 5 nitrogen and oxygen atoms in total. The van der Waals surface area contributed by atoms with Gasteiger partial charge >= 0.3 is 0 Å². The van der Waals surface area contributed by atoms with Crippen molar-refractivity contribution in [2.75, 3.05) is 37.7 Å². The molecular formula is C24H34ClN3O2. The minimum absolute atomic E-state index is 0. The van der Waals surface area contributed by atoms with Crippen LogP contribution in [0.25, 0.3) is 0 Å². The Kier molecular flexibility index (Phi) is 9.25. The molecule has 0 amide bonds. The molecule has 2 aromatic rings. The molecule has 2 aliphatic heterocycles. The highest BCUT2D eigenvalue weighted by molar-refractivity contribution is 5.85. The van der Waals surface area contributed by atoms with Gasteiger partial charge in [0.25, 0.3) is 0 Å². The van der Waals surface area contributed by atoms with Crippen LogP contribution in [0.3, 0.4) is 0 Å². The maximum absolute atomic E-state index is 5.98. The molecule has 4 rings (SSSR count). The Bertz CT molecular complexity index is 740. The number of nitrogens with zero attached hydrogens (tertiary/aromatic N) is 2. The molecule has 0 aliphatic carbocycles. The number of benzene rings is 1. The Balaban J connectivity index is 0.00000256. The van der Waals surface area contributed by atoms with Crippen molar-refractivity contribution in [2.24, 2.45) is 5.92 Å². The highest BCUT2D eigenvalue weighted by atomic mass is 35.5. The first-order valence-corrected chi connectivity index (χ1v) is 11.0. The van der Waals surface area contributed by atoms with E-state index < -0.39 is 0 Å². The average molecular weight is 432 g/mol. The van der Waals surface area contributed by atoms with E-state index in [0.29, 0.717) is 12.6 Å². The van der Waals surface area contributed by atoms with Crippen molar-refractivity contribution >= 4 is 18.1 Å². The van der Waals surface area contributed by atoms with Crippen LogP contribution in [-0.2, 0) is 11.3 Å². The van der Waals surface area contributed by atoms with Gasteiger partial charge in [-0.1, -0.05) is 30.3 Å². The minimum atomic E-state index is 0. The van der Waals surface area contributed by atoms with Crippen LogP contribution in [-0.4, -0.2) is 43.9 Å². The number of rotatable bonds is 10. The molecule has 1 aromatic carbocycles. The van der Waals surface area contributed by atoms with Crippen LogP contribution in [0.4, 0.5) is 5.69 Å². The molecule has 2 aliphatic rings. The van der Waals surface area contributed by atoms with Crippen LogP contribution in [0.1, 0.15) is 37.7 Å². The number of anilines is 1. The van der Waals surface area contributed by atoms with Gasteiger partial charge in [-0.15, -0.1) is 12.4 Å². The normalized spacial score (nSPS) is 20.9. The van der Waals surface area contributed by atoms with Gasteiger partial charge in [-0.25, -0.2) is 0 Å². The van der Waals surface area contributed by atoms with Crippen molar-refractivity contribution in [1.82, 2.24) is 10.3 Å². The van der Waals surface area contributed by atoms with E-state index in [0.717, 1.165) is 50.9 Å². The van der Waals surface area contributed by atoms with E-state index in [4.69, 9.17) is 9.47 Å². The van der Waals surface area contributed by atoms with Gasteiger partial charge < -0.3 is 19.7 Å². The van der Waals surface area contributed by atoms with Crippen molar-refractivity contribution < 1.29 is 9.47 Å². The van der Waals surface area contributed by atoms with Crippen LogP contribution >= 0.6 is 12.4 Å². The highest BCUT2D eigenvalue weighted by Gasteiger charge is 2.23. The summed E-state index contributed by atoms with van der Waals surface area (Å²) in [5, 5.41) is 3.47. The van der Waals surface area contributed by atoms with Gasteiger partial charge in [0, 0.05) is 31.8 Å². The van der Waals surface area contributed by atoms with Crippen LogP contribution in [0.5, 0.6) is 5.75 Å². The summed E-state index contributed by atoms with van der Waals surface area (Å²) in [6.45, 7) is 5.60. The summed E-state index contributed by atoms with van der Waals surface area (Å²) in [5.41, 5.74) is 2.43. The summed E-state index contributed by atoms with van der Waals surface area (Å²) in [6, 6.07) is 13.0. The topological polar surface area (TPSA) is 46.6 Å². The molecule has 3 heterocycles. The largest absolute Gasteiger partial charge is 0.490 e. The Labute approximate surface area is 186 Å². The second-order valence-corrected chi connectivity index (χ2v) is 8.26. The molecule has 164 valence electrons. The lowest BCUT2D eigenvalue weighted by molar-refractivity contribution is 0.114. The fourth-order valence-corrected chi connectivity index (χ4v) is 4.30. The van der Waals surface area contributed by atoms with E-state index in [2.05, 4.69) is 45.5 Å². The Hall–Kier alpha value is -1.82. The van der Waals surface area contributed by atoms with E-state index in [1.807, 2.05) is 18.5 Å². The summed E-state index contributed by atoms with van der Waals surface area (Å²) < 4.78 is 11.8. The molecule has 2 saturated heterocycles. The molecule has 30 heavy (non-hydrogen) atoms. The van der Waals surface area contributed by atoms with E-state index in [-0.39, 0.29) is 12.4 Å².